The highest BCUT2D eigenvalue weighted by atomic mass is 16.4. The summed E-state index contributed by atoms with van der Waals surface area (Å²) in [5, 5.41) is 11.9. The molecule has 0 radical (unpaired) electrons. The molecule has 8 heteroatoms. The van der Waals surface area contributed by atoms with Gasteiger partial charge >= 0.3 is 5.97 Å². The number of fused-ring (bicyclic) bond motifs is 1. The first kappa shape index (κ1) is 13.8. The molecule has 2 heterocycles. The van der Waals surface area contributed by atoms with E-state index in [0.29, 0.717) is 5.95 Å². The van der Waals surface area contributed by atoms with Gasteiger partial charge < -0.3 is 15.0 Å². The van der Waals surface area contributed by atoms with Gasteiger partial charge in [-0.15, -0.1) is 0 Å². The number of hydrogen-bond donors (Lipinski definition) is 2. The van der Waals surface area contributed by atoms with Crippen molar-refractivity contribution < 1.29 is 9.90 Å². The Morgan fingerprint density at radius 3 is 2.73 bits per heavy atom. The second-order valence-electron chi connectivity index (χ2n) is 4.73. The van der Waals surface area contributed by atoms with E-state index >= 15 is 0 Å². The molecular formula is C14H13N5O3. The summed E-state index contributed by atoms with van der Waals surface area (Å²) in [6.07, 6.45) is 1.31. The predicted octanol–water partition coefficient (Wildman–Crippen LogP) is 0.958. The van der Waals surface area contributed by atoms with Gasteiger partial charge in [-0.05, 0) is 12.1 Å². The lowest BCUT2D eigenvalue weighted by Gasteiger charge is -2.10. The highest BCUT2D eigenvalue weighted by Gasteiger charge is 2.15. The Hall–Kier alpha value is -3.16. The summed E-state index contributed by atoms with van der Waals surface area (Å²) < 4.78 is 2.61. The summed E-state index contributed by atoms with van der Waals surface area (Å²) in [6.45, 7) is -0.334. The number of carbonyl (C=O) groups is 1. The minimum absolute atomic E-state index is 0.170. The SMILES string of the molecule is Cn1c(Nc2ccccc2)nc2ncn(CC(=O)O)c2c1=O. The van der Waals surface area contributed by atoms with Crippen molar-refractivity contribution in [2.45, 2.75) is 6.54 Å². The van der Waals surface area contributed by atoms with Crippen LogP contribution in [-0.2, 0) is 18.4 Å². The molecule has 22 heavy (non-hydrogen) atoms. The molecule has 8 nitrogen and oxygen atoms in total. The summed E-state index contributed by atoms with van der Waals surface area (Å²) in [7, 11) is 1.57. The van der Waals surface area contributed by atoms with Crippen molar-refractivity contribution in [3.05, 3.63) is 47.0 Å². The first-order chi connectivity index (χ1) is 10.6. The Kier molecular flexibility index (Phi) is 3.34. The van der Waals surface area contributed by atoms with Crippen LogP contribution in [0.5, 0.6) is 0 Å². The second-order valence-corrected chi connectivity index (χ2v) is 4.73. The average molecular weight is 299 g/mol. The molecule has 0 bridgehead atoms. The number of aliphatic carboxylic acids is 1. The van der Waals surface area contributed by atoms with Gasteiger partial charge in [0.1, 0.15) is 6.54 Å². The van der Waals surface area contributed by atoms with Crippen molar-refractivity contribution in [2.24, 2.45) is 7.05 Å². The minimum Gasteiger partial charge on any atom is -0.480 e. The maximum atomic E-state index is 12.4. The number of imidazole rings is 1. The Balaban J connectivity index is 2.09. The molecule has 0 saturated carbocycles. The third-order valence-electron chi connectivity index (χ3n) is 3.19. The maximum absolute atomic E-state index is 12.4. The van der Waals surface area contributed by atoms with Gasteiger partial charge in [0.15, 0.2) is 11.2 Å². The molecule has 3 aromatic rings. The number of nitrogens with one attached hydrogen (secondary N) is 1. The largest absolute Gasteiger partial charge is 0.480 e. The zero-order chi connectivity index (χ0) is 15.7. The number of benzene rings is 1. The summed E-state index contributed by atoms with van der Waals surface area (Å²) in [4.78, 5) is 31.6. The number of anilines is 2. The van der Waals surface area contributed by atoms with Gasteiger partial charge in [-0.1, -0.05) is 18.2 Å². The fraction of sp³-hybridized carbons (Fsp3) is 0.143. The molecule has 3 rings (SSSR count). The van der Waals surface area contributed by atoms with E-state index in [0.717, 1.165) is 5.69 Å². The van der Waals surface area contributed by atoms with Crippen LogP contribution in [0.3, 0.4) is 0 Å². The normalized spacial score (nSPS) is 10.8. The summed E-state index contributed by atoms with van der Waals surface area (Å²) in [5.74, 6) is -0.711. The first-order valence-corrected chi connectivity index (χ1v) is 6.52. The fourth-order valence-electron chi connectivity index (χ4n) is 2.13. The number of aromatic nitrogens is 4. The molecule has 0 unspecified atom stereocenters. The number of para-hydroxylation sites is 1. The van der Waals surface area contributed by atoms with Crippen LogP contribution in [-0.4, -0.2) is 30.2 Å². The van der Waals surface area contributed by atoms with Crippen LogP contribution in [0.25, 0.3) is 11.2 Å². The quantitative estimate of drug-likeness (QED) is 0.744. The number of hydrogen-bond acceptors (Lipinski definition) is 5. The van der Waals surface area contributed by atoms with Gasteiger partial charge in [0.25, 0.3) is 5.56 Å². The molecule has 0 aliphatic rings. The van der Waals surface area contributed by atoms with Crippen molar-refractivity contribution in [3.63, 3.8) is 0 Å². The van der Waals surface area contributed by atoms with E-state index in [4.69, 9.17) is 5.11 Å². The van der Waals surface area contributed by atoms with Gasteiger partial charge in [-0.2, -0.15) is 4.98 Å². The van der Waals surface area contributed by atoms with Gasteiger partial charge in [0.05, 0.1) is 6.33 Å². The molecule has 2 aromatic heterocycles. The van der Waals surface area contributed by atoms with Crippen molar-refractivity contribution in [3.8, 4) is 0 Å². The molecule has 112 valence electrons. The summed E-state index contributed by atoms with van der Waals surface area (Å²) in [5.41, 5.74) is 0.808. The topological polar surface area (TPSA) is 102 Å². The molecule has 0 saturated heterocycles. The standard InChI is InChI=1S/C14H13N5O3/c1-18-13(22)11-12(15-8-19(11)7-10(20)21)17-14(18)16-9-5-3-2-4-6-9/h2-6,8H,7H2,1H3,(H,16,17)(H,20,21). The average Bonchev–Trinajstić information content (AvgIpc) is 2.87. The van der Waals surface area contributed by atoms with Crippen LogP contribution in [0.2, 0.25) is 0 Å². The van der Waals surface area contributed by atoms with Gasteiger partial charge in [0, 0.05) is 12.7 Å². The van der Waals surface area contributed by atoms with Crippen molar-refractivity contribution in [1.29, 1.82) is 0 Å². The second kappa shape index (κ2) is 5.32. The zero-order valence-electron chi connectivity index (χ0n) is 11.7. The lowest BCUT2D eigenvalue weighted by Crippen LogP contribution is -2.23. The summed E-state index contributed by atoms with van der Waals surface area (Å²) >= 11 is 0. The molecule has 0 spiro atoms. The molecule has 0 amide bonds. The van der Waals surface area contributed by atoms with Crippen molar-refractivity contribution >= 4 is 28.8 Å². The van der Waals surface area contributed by atoms with Gasteiger partial charge in [-0.25, -0.2) is 4.98 Å². The fourth-order valence-corrected chi connectivity index (χ4v) is 2.13. The van der Waals surface area contributed by atoms with E-state index in [9.17, 15) is 9.59 Å². The van der Waals surface area contributed by atoms with Crippen LogP contribution in [0.4, 0.5) is 11.6 Å². The molecule has 0 aliphatic heterocycles. The van der Waals surface area contributed by atoms with E-state index in [-0.39, 0.29) is 23.3 Å². The van der Waals surface area contributed by atoms with E-state index in [1.54, 1.807) is 7.05 Å². The maximum Gasteiger partial charge on any atom is 0.323 e. The lowest BCUT2D eigenvalue weighted by molar-refractivity contribution is -0.137. The van der Waals surface area contributed by atoms with Gasteiger partial charge in [-0.3, -0.25) is 14.2 Å². The highest BCUT2D eigenvalue weighted by molar-refractivity contribution is 5.75. The molecule has 0 fully saturated rings. The van der Waals surface area contributed by atoms with Crippen molar-refractivity contribution in [2.75, 3.05) is 5.32 Å². The Morgan fingerprint density at radius 2 is 2.05 bits per heavy atom. The van der Waals surface area contributed by atoms with E-state index in [1.165, 1.54) is 15.5 Å². The third kappa shape index (κ3) is 2.41. The Labute approximate surface area is 124 Å². The minimum atomic E-state index is -1.05. The molecule has 0 atom stereocenters. The number of carboxylic acids is 1. The summed E-state index contributed by atoms with van der Waals surface area (Å²) in [6, 6.07) is 9.30. The van der Waals surface area contributed by atoms with Crippen LogP contribution in [0.1, 0.15) is 0 Å². The molecule has 0 aliphatic carbocycles. The highest BCUT2D eigenvalue weighted by Crippen LogP contribution is 2.15. The lowest BCUT2D eigenvalue weighted by atomic mass is 10.3. The van der Waals surface area contributed by atoms with Crippen molar-refractivity contribution in [1.82, 2.24) is 19.1 Å². The Bertz CT molecular complexity index is 898. The number of carboxylic acid groups (broad SMARTS) is 1. The van der Waals surface area contributed by atoms with Crippen LogP contribution < -0.4 is 10.9 Å². The van der Waals surface area contributed by atoms with E-state index < -0.39 is 5.97 Å². The first-order valence-electron chi connectivity index (χ1n) is 6.52. The molecule has 1 aromatic carbocycles. The monoisotopic (exact) mass is 299 g/mol. The van der Waals surface area contributed by atoms with E-state index in [2.05, 4.69) is 15.3 Å². The van der Waals surface area contributed by atoms with E-state index in [1.807, 2.05) is 30.3 Å². The molecular weight excluding hydrogens is 286 g/mol. The molecule has 2 N–H and O–H groups in total. The smallest absolute Gasteiger partial charge is 0.323 e. The third-order valence-corrected chi connectivity index (χ3v) is 3.19. The number of nitrogens with zero attached hydrogens (tertiary/aromatic N) is 4. The Morgan fingerprint density at radius 1 is 1.32 bits per heavy atom. The van der Waals surface area contributed by atoms with Crippen LogP contribution >= 0.6 is 0 Å². The van der Waals surface area contributed by atoms with Crippen LogP contribution in [0.15, 0.2) is 41.5 Å². The number of rotatable bonds is 4. The zero-order valence-corrected chi connectivity index (χ0v) is 11.7. The predicted molar refractivity (Wildman–Crippen MR) is 80.1 cm³/mol. The van der Waals surface area contributed by atoms with Crippen LogP contribution in [0, 0.1) is 0 Å². The van der Waals surface area contributed by atoms with Gasteiger partial charge in [0.2, 0.25) is 5.95 Å².